The van der Waals surface area contributed by atoms with E-state index >= 15 is 0 Å². The topological polar surface area (TPSA) is 212 Å². The number of hydrogen-bond acceptors (Lipinski definition) is 11. The number of aromatic nitrogens is 6. The number of hydrogen-bond donors (Lipinski definition) is 5. The molecule has 0 spiro atoms. The summed E-state index contributed by atoms with van der Waals surface area (Å²) in [5.41, 5.74) is 4.79. The Morgan fingerprint density at radius 1 is 1.11 bits per heavy atom. The number of nitrogen functional groups attached to an aromatic ring is 1. The van der Waals surface area contributed by atoms with Gasteiger partial charge in [0.05, 0.1) is 18.6 Å². The molecule has 0 radical (unpaired) electrons. The molecular formula is C20H20N7O7P. The van der Waals surface area contributed by atoms with Crippen LogP contribution in [0.25, 0.3) is 22.7 Å². The van der Waals surface area contributed by atoms with Gasteiger partial charge in [0.25, 0.3) is 0 Å². The lowest BCUT2D eigenvalue weighted by Gasteiger charge is -2.31. The Hall–Kier alpha value is -3.36. The lowest BCUT2D eigenvalue weighted by atomic mass is 9.90. The average Bonchev–Trinajstić information content (AvgIpc) is 3.38. The van der Waals surface area contributed by atoms with Crippen LogP contribution in [0.4, 0.5) is 5.82 Å². The summed E-state index contributed by atoms with van der Waals surface area (Å²) in [6.45, 7) is -0.708. The molecule has 4 aromatic heterocycles. The zero-order valence-corrected chi connectivity index (χ0v) is 18.8. The van der Waals surface area contributed by atoms with Gasteiger partial charge >= 0.3 is 7.82 Å². The summed E-state index contributed by atoms with van der Waals surface area (Å²) in [5, 5.41) is 22.8. The van der Waals surface area contributed by atoms with Crippen molar-refractivity contribution in [2.75, 3.05) is 12.3 Å². The van der Waals surface area contributed by atoms with E-state index in [1.165, 1.54) is 23.2 Å². The van der Waals surface area contributed by atoms with E-state index in [1.807, 2.05) is 0 Å². The molecule has 35 heavy (non-hydrogen) atoms. The second kappa shape index (κ2) is 8.70. The number of aliphatic hydroxyl groups excluding tert-OH is 1. The highest BCUT2D eigenvalue weighted by Crippen LogP contribution is 2.47. The Morgan fingerprint density at radius 2 is 1.86 bits per heavy atom. The third-order valence-electron chi connectivity index (χ3n) is 5.56. The Bertz CT molecular complexity index is 1400. The lowest BCUT2D eigenvalue weighted by Crippen LogP contribution is -2.45. The second-order valence-electron chi connectivity index (χ2n) is 7.77. The highest BCUT2D eigenvalue weighted by atomic mass is 31.2. The van der Waals surface area contributed by atoms with E-state index < -0.39 is 38.5 Å². The van der Waals surface area contributed by atoms with Gasteiger partial charge in [0.15, 0.2) is 29.1 Å². The van der Waals surface area contributed by atoms with Gasteiger partial charge in [-0.15, -0.1) is 0 Å². The molecule has 0 saturated carbocycles. The maximum atomic E-state index is 11.8. The third kappa shape index (κ3) is 4.17. The molecule has 14 nitrogen and oxygen atoms in total. The Labute approximate surface area is 197 Å². The first-order valence-corrected chi connectivity index (χ1v) is 11.8. The number of fused-ring (bicyclic) bond motifs is 1. The van der Waals surface area contributed by atoms with E-state index in [0.29, 0.717) is 5.69 Å². The van der Waals surface area contributed by atoms with E-state index in [9.17, 15) is 14.8 Å². The number of phosphoric ester groups is 1. The van der Waals surface area contributed by atoms with Gasteiger partial charge < -0.3 is 30.5 Å². The van der Waals surface area contributed by atoms with Crippen LogP contribution in [-0.4, -0.2) is 68.3 Å². The van der Waals surface area contributed by atoms with Crippen molar-refractivity contribution in [2.24, 2.45) is 0 Å². The van der Waals surface area contributed by atoms with E-state index in [4.69, 9.17) is 20.3 Å². The highest BCUT2D eigenvalue weighted by molar-refractivity contribution is 7.46. The van der Waals surface area contributed by atoms with Crippen LogP contribution in [0.1, 0.15) is 11.9 Å². The monoisotopic (exact) mass is 501 g/mol. The van der Waals surface area contributed by atoms with Gasteiger partial charge in [-0.25, -0.2) is 19.5 Å². The quantitative estimate of drug-likeness (QED) is 0.222. The van der Waals surface area contributed by atoms with Gasteiger partial charge in [-0.3, -0.25) is 19.1 Å². The fourth-order valence-electron chi connectivity index (χ4n) is 3.95. The van der Waals surface area contributed by atoms with Gasteiger partial charge in [0.1, 0.15) is 23.4 Å². The van der Waals surface area contributed by atoms with Gasteiger partial charge in [0, 0.05) is 12.4 Å². The van der Waals surface area contributed by atoms with Crippen LogP contribution in [0.15, 0.2) is 55.1 Å². The number of nitrogens with two attached hydrogens (primary N) is 1. The molecule has 0 amide bonds. The van der Waals surface area contributed by atoms with E-state index in [2.05, 4.69) is 29.4 Å². The molecule has 5 heterocycles. The summed E-state index contributed by atoms with van der Waals surface area (Å²) >= 11 is 0. The van der Waals surface area contributed by atoms with Gasteiger partial charge in [-0.2, -0.15) is 0 Å². The summed E-state index contributed by atoms with van der Waals surface area (Å²) < 4.78 is 23.0. The number of rotatable bonds is 6. The second-order valence-corrected chi connectivity index (χ2v) is 9.01. The van der Waals surface area contributed by atoms with Crippen molar-refractivity contribution in [3.8, 4) is 11.5 Å². The standard InChI is InChI=1S/C20H20N7O7P/c21-16-14-18(26-17(25-16)11-5-1-3-7-22-11)27(10-24-14)19-20(29,13-6-2-4-8-23-13)15(28)12(34-19)9-33-35(30,31)32/h1-8,10,12,15,19,28-29H,9H2,(H2,21,25,26)(H2,30,31,32)/t12-,15-,19-,20-/m1/s1. The summed E-state index contributed by atoms with van der Waals surface area (Å²) in [4.78, 5) is 39.6. The van der Waals surface area contributed by atoms with Crippen LogP contribution in [-0.2, 0) is 19.4 Å². The molecule has 182 valence electrons. The van der Waals surface area contributed by atoms with Crippen molar-refractivity contribution in [1.82, 2.24) is 29.5 Å². The van der Waals surface area contributed by atoms with Crippen LogP contribution in [0.3, 0.4) is 0 Å². The SMILES string of the molecule is Nc1nc(-c2ccccn2)nc2c1ncn2[C@@H]1O[C@H](COP(=O)(O)O)[C@@H](O)[C@]1(O)c1ccccn1. The summed E-state index contributed by atoms with van der Waals surface area (Å²) in [7, 11) is -4.88. The van der Waals surface area contributed by atoms with Crippen LogP contribution >= 0.6 is 7.82 Å². The van der Waals surface area contributed by atoms with Crippen molar-refractivity contribution in [2.45, 2.75) is 24.0 Å². The van der Waals surface area contributed by atoms with Crippen LogP contribution in [0, 0.1) is 0 Å². The molecule has 0 unspecified atom stereocenters. The fourth-order valence-corrected chi connectivity index (χ4v) is 4.29. The molecule has 4 atom stereocenters. The molecular weight excluding hydrogens is 481 g/mol. The van der Waals surface area contributed by atoms with E-state index in [1.54, 1.807) is 36.5 Å². The lowest BCUT2D eigenvalue weighted by molar-refractivity contribution is -0.116. The maximum absolute atomic E-state index is 11.8. The number of pyridine rings is 2. The molecule has 0 bridgehead atoms. The highest BCUT2D eigenvalue weighted by Gasteiger charge is 2.59. The maximum Gasteiger partial charge on any atom is 0.469 e. The predicted octanol–water partition coefficient (Wildman–Crippen LogP) is 0.121. The van der Waals surface area contributed by atoms with Gasteiger partial charge in [-0.05, 0) is 24.3 Å². The average molecular weight is 501 g/mol. The molecule has 5 rings (SSSR count). The minimum absolute atomic E-state index is 0.0463. The first-order valence-electron chi connectivity index (χ1n) is 10.3. The number of aliphatic hydroxyl groups is 2. The van der Waals surface area contributed by atoms with Crippen molar-refractivity contribution >= 4 is 24.8 Å². The normalized spacial score (nSPS) is 24.7. The molecule has 1 saturated heterocycles. The Kier molecular flexibility index (Phi) is 5.81. The number of phosphoric acid groups is 1. The molecule has 1 fully saturated rings. The van der Waals surface area contributed by atoms with Gasteiger partial charge in [0.2, 0.25) is 0 Å². The van der Waals surface area contributed by atoms with E-state index in [0.717, 1.165) is 0 Å². The third-order valence-corrected chi connectivity index (χ3v) is 6.05. The summed E-state index contributed by atoms with van der Waals surface area (Å²) in [5.74, 6) is 0.245. The number of anilines is 1. The molecule has 15 heteroatoms. The zero-order valence-electron chi connectivity index (χ0n) is 17.9. The van der Waals surface area contributed by atoms with Crippen molar-refractivity contribution < 1.29 is 33.8 Å². The summed E-state index contributed by atoms with van der Waals surface area (Å²) in [6, 6.07) is 9.89. The number of nitrogens with zero attached hydrogens (tertiary/aromatic N) is 6. The van der Waals surface area contributed by atoms with Crippen LogP contribution in [0.2, 0.25) is 0 Å². The first-order chi connectivity index (χ1) is 16.7. The smallest absolute Gasteiger partial charge is 0.387 e. The number of ether oxygens (including phenoxy) is 1. The molecule has 4 aromatic rings. The zero-order chi connectivity index (χ0) is 24.8. The van der Waals surface area contributed by atoms with E-state index in [-0.39, 0.29) is 28.5 Å². The first kappa shape index (κ1) is 23.4. The van der Waals surface area contributed by atoms with Gasteiger partial charge in [-0.1, -0.05) is 12.1 Å². The van der Waals surface area contributed by atoms with Crippen LogP contribution in [0.5, 0.6) is 0 Å². The Morgan fingerprint density at radius 3 is 2.51 bits per heavy atom. The molecule has 1 aliphatic rings. The molecule has 0 aliphatic carbocycles. The molecule has 1 aliphatic heterocycles. The molecule has 0 aromatic carbocycles. The van der Waals surface area contributed by atoms with Crippen molar-refractivity contribution in [1.29, 1.82) is 0 Å². The number of imidazole rings is 1. The summed E-state index contributed by atoms with van der Waals surface area (Å²) in [6.07, 6.45) is -0.128. The molecule has 6 N–H and O–H groups in total. The largest absolute Gasteiger partial charge is 0.469 e. The minimum atomic E-state index is -4.88. The predicted molar refractivity (Wildman–Crippen MR) is 119 cm³/mol. The minimum Gasteiger partial charge on any atom is -0.387 e. The fraction of sp³-hybridized carbons (Fsp3) is 0.250. The van der Waals surface area contributed by atoms with Crippen LogP contribution < -0.4 is 5.73 Å². The van der Waals surface area contributed by atoms with Crippen molar-refractivity contribution in [3.63, 3.8) is 0 Å². The van der Waals surface area contributed by atoms with Crippen molar-refractivity contribution in [3.05, 3.63) is 60.8 Å². The Balaban J connectivity index is 1.64.